The molecule has 2 amide bonds. The number of carbonyl (C=O) groups is 3. The van der Waals surface area contributed by atoms with Gasteiger partial charge in [0, 0.05) is 19.8 Å². The molecule has 3 heterocycles. The molecule has 23 nitrogen and oxygen atoms in total. The van der Waals surface area contributed by atoms with Gasteiger partial charge >= 0.3 is 5.97 Å². The summed E-state index contributed by atoms with van der Waals surface area (Å²) in [6.45, 7) is 2.23. The number of nitrogens with one attached hydrogen (secondary N) is 2. The number of ether oxygens (including phenoxy) is 6. The van der Waals surface area contributed by atoms with Crippen molar-refractivity contribution < 1.29 is 104 Å². The highest BCUT2D eigenvalue weighted by atomic mass is 16.8. The van der Waals surface area contributed by atoms with E-state index in [0.717, 1.165) is 84.0 Å². The molecule has 3 aliphatic heterocycles. The van der Waals surface area contributed by atoms with E-state index in [4.69, 9.17) is 28.4 Å². The van der Waals surface area contributed by atoms with Gasteiger partial charge in [0.15, 0.2) is 12.6 Å². The molecule has 0 saturated carbocycles. The Morgan fingerprint density at radius 2 is 1.00 bits per heavy atom. The lowest BCUT2D eigenvalue weighted by molar-refractivity contribution is -0.386. The van der Waals surface area contributed by atoms with Crippen molar-refractivity contribution in [2.45, 2.75) is 387 Å². The number of carbonyl (C=O) groups excluding carboxylic acids is 2. The summed E-state index contributed by atoms with van der Waals surface area (Å²) >= 11 is 0. The van der Waals surface area contributed by atoms with E-state index in [9.17, 15) is 75.7 Å². The van der Waals surface area contributed by atoms with E-state index in [-0.39, 0.29) is 18.9 Å². The number of aliphatic hydroxyl groups excluding tert-OH is 11. The van der Waals surface area contributed by atoms with Crippen molar-refractivity contribution in [1.82, 2.24) is 10.6 Å². The molecule has 0 bridgehead atoms. The average Bonchev–Trinajstić information content (AvgIpc) is 0.790. The van der Waals surface area contributed by atoms with Crippen molar-refractivity contribution in [2.24, 2.45) is 0 Å². The van der Waals surface area contributed by atoms with Gasteiger partial charge < -0.3 is 100 Å². The van der Waals surface area contributed by atoms with Gasteiger partial charge in [0.25, 0.3) is 5.79 Å². The fraction of sp³-hybridized carbons (Fsp3) is 0.929. The van der Waals surface area contributed by atoms with Crippen LogP contribution in [0.25, 0.3) is 0 Å². The summed E-state index contributed by atoms with van der Waals surface area (Å²) < 4.78 is 34.9. The molecule has 0 aromatic rings. The monoisotopic (exact) mass is 1330 g/mol. The van der Waals surface area contributed by atoms with Crippen LogP contribution in [-0.4, -0.2) is 215 Å². The molecular formula is C70H130N2O21. The lowest BCUT2D eigenvalue weighted by atomic mass is 9.88. The standard InChI is InChI=1S/C70H130N2O21/c1-4-6-8-10-12-14-16-18-20-22-23-24-25-26-28-30-32-34-36-38-40-42-44-57(80)72-51(52(77)43-41-39-37-35-33-31-29-27-21-19-17-15-13-11-9-7-5-2)49-88-67-62(84)61(83)64(56(48-75)90-67)91-68-63(85)66(60(82)55(47-74)89-68)93-70(69(86)87)45-53(78)58(71-50(3)76)65(92-70)59(81)54(79)46-73/h25-26,51-56,58-68,73-75,77-79,81-85H,4-24,27-49H2,1-3H3,(H,71,76)(H,72,80)(H,86,87)/b26-25-. The van der Waals surface area contributed by atoms with E-state index in [1.165, 1.54) is 148 Å². The topological polar surface area (TPSA) is 373 Å². The fourth-order valence-electron chi connectivity index (χ4n) is 12.9. The Bertz CT molecular complexity index is 1930. The molecule has 23 heteroatoms. The second kappa shape index (κ2) is 50.7. The summed E-state index contributed by atoms with van der Waals surface area (Å²) in [4.78, 5) is 38.6. The maximum Gasteiger partial charge on any atom is 0.364 e. The zero-order chi connectivity index (χ0) is 68.2. The Hall–Kier alpha value is -2.53. The van der Waals surface area contributed by atoms with Gasteiger partial charge in [-0.2, -0.15) is 0 Å². The van der Waals surface area contributed by atoms with Gasteiger partial charge in [-0.25, -0.2) is 4.79 Å². The number of carboxylic acids is 1. The highest BCUT2D eigenvalue weighted by Crippen LogP contribution is 2.39. The van der Waals surface area contributed by atoms with Crippen LogP contribution in [0.15, 0.2) is 12.2 Å². The molecule has 546 valence electrons. The number of allylic oxidation sites excluding steroid dienone is 2. The first-order valence-corrected chi connectivity index (χ1v) is 36.5. The highest BCUT2D eigenvalue weighted by Gasteiger charge is 2.60. The molecule has 0 aliphatic carbocycles. The van der Waals surface area contributed by atoms with Gasteiger partial charge in [-0.15, -0.1) is 0 Å². The third-order valence-electron chi connectivity index (χ3n) is 18.7. The Kier molecular flexibility index (Phi) is 46.2. The molecule has 18 unspecified atom stereocenters. The molecule has 93 heavy (non-hydrogen) atoms. The molecule has 0 radical (unpaired) electrons. The van der Waals surface area contributed by atoms with Gasteiger partial charge in [0.2, 0.25) is 11.8 Å². The smallest absolute Gasteiger partial charge is 0.364 e. The summed E-state index contributed by atoms with van der Waals surface area (Å²) in [5.74, 6) is -6.10. The molecule has 3 fully saturated rings. The van der Waals surface area contributed by atoms with Crippen LogP contribution in [-0.2, 0) is 42.8 Å². The first kappa shape index (κ1) is 84.7. The number of unbranched alkanes of at least 4 members (excludes halogenated alkanes) is 34. The Balaban J connectivity index is 1.57. The number of hydrogen-bond donors (Lipinski definition) is 14. The van der Waals surface area contributed by atoms with Crippen molar-refractivity contribution in [3.63, 3.8) is 0 Å². The lowest BCUT2D eigenvalue weighted by Gasteiger charge is -2.50. The van der Waals surface area contributed by atoms with Gasteiger partial charge in [-0.05, 0) is 38.5 Å². The summed E-state index contributed by atoms with van der Waals surface area (Å²) in [5.41, 5.74) is 0. The number of carboxylic acid groups (broad SMARTS) is 1. The third kappa shape index (κ3) is 32.8. The van der Waals surface area contributed by atoms with Crippen LogP contribution in [0.1, 0.15) is 278 Å². The molecule has 0 spiro atoms. The van der Waals surface area contributed by atoms with Crippen LogP contribution in [0, 0.1) is 0 Å². The number of hydrogen-bond acceptors (Lipinski definition) is 20. The molecule has 3 aliphatic rings. The maximum atomic E-state index is 13.5. The Morgan fingerprint density at radius 1 is 0.548 bits per heavy atom. The van der Waals surface area contributed by atoms with Crippen LogP contribution in [0.5, 0.6) is 0 Å². The van der Waals surface area contributed by atoms with E-state index in [1.54, 1.807) is 0 Å². The Labute approximate surface area is 556 Å². The third-order valence-corrected chi connectivity index (χ3v) is 18.7. The molecule has 0 aromatic heterocycles. The van der Waals surface area contributed by atoms with E-state index in [0.29, 0.717) is 19.3 Å². The van der Waals surface area contributed by atoms with E-state index in [1.807, 2.05) is 0 Å². The predicted molar refractivity (Wildman–Crippen MR) is 352 cm³/mol. The first-order valence-electron chi connectivity index (χ1n) is 36.5. The highest BCUT2D eigenvalue weighted by molar-refractivity contribution is 5.77. The predicted octanol–water partition coefficient (Wildman–Crippen LogP) is 7.46. The van der Waals surface area contributed by atoms with Gasteiger partial charge in [0.1, 0.15) is 67.1 Å². The maximum absolute atomic E-state index is 13.5. The van der Waals surface area contributed by atoms with Gasteiger partial charge in [0.05, 0.1) is 50.7 Å². The average molecular weight is 1340 g/mol. The van der Waals surface area contributed by atoms with Crippen molar-refractivity contribution in [3.8, 4) is 0 Å². The Morgan fingerprint density at radius 3 is 1.45 bits per heavy atom. The second-order valence-corrected chi connectivity index (χ2v) is 26.8. The molecule has 3 saturated heterocycles. The zero-order valence-corrected chi connectivity index (χ0v) is 57.1. The quantitative estimate of drug-likeness (QED) is 0.0207. The van der Waals surface area contributed by atoms with Crippen LogP contribution in [0.3, 0.4) is 0 Å². The number of amides is 2. The molecule has 18 atom stereocenters. The van der Waals surface area contributed by atoms with Crippen molar-refractivity contribution >= 4 is 17.8 Å². The molecule has 0 aromatic carbocycles. The summed E-state index contributed by atoms with van der Waals surface area (Å²) in [5, 5.41) is 136. The van der Waals surface area contributed by atoms with Crippen molar-refractivity contribution in [2.75, 3.05) is 26.4 Å². The van der Waals surface area contributed by atoms with Gasteiger partial charge in [-0.3, -0.25) is 9.59 Å². The SMILES string of the molecule is CCCCCCCCCCCCC/C=C\CCCCCCCCCC(=O)NC(COC1OC(CO)C(OC2OC(CO)C(O)C(OC3(C(=O)O)CC(O)C(NC(C)=O)C(C(O)C(O)CO)O3)C2O)C(O)C1O)C(O)CCCCCCCCCCCCCCCCCCC. The zero-order valence-electron chi connectivity index (χ0n) is 57.1. The minimum atomic E-state index is -3.08. The molecular weight excluding hydrogens is 1200 g/mol. The largest absolute Gasteiger partial charge is 0.477 e. The minimum absolute atomic E-state index is 0.220. The number of rotatable bonds is 56. The normalized spacial score (nSPS) is 28.1. The van der Waals surface area contributed by atoms with E-state index in [2.05, 4.69) is 36.6 Å². The van der Waals surface area contributed by atoms with Crippen LogP contribution in [0.2, 0.25) is 0 Å². The minimum Gasteiger partial charge on any atom is -0.477 e. The molecule has 14 N–H and O–H groups in total. The second-order valence-electron chi connectivity index (χ2n) is 26.8. The van der Waals surface area contributed by atoms with Crippen LogP contribution < -0.4 is 10.6 Å². The van der Waals surface area contributed by atoms with Gasteiger partial charge in [-0.1, -0.05) is 231 Å². The van der Waals surface area contributed by atoms with Crippen molar-refractivity contribution in [1.29, 1.82) is 0 Å². The van der Waals surface area contributed by atoms with E-state index < -0.39 is 148 Å². The fourth-order valence-corrected chi connectivity index (χ4v) is 12.9. The first-order chi connectivity index (χ1) is 44.9. The van der Waals surface area contributed by atoms with E-state index >= 15 is 0 Å². The lowest BCUT2D eigenvalue weighted by Crippen LogP contribution is -2.70. The number of aliphatic hydroxyl groups is 11. The summed E-state index contributed by atoms with van der Waals surface area (Å²) in [7, 11) is 0. The molecule has 3 rings (SSSR count). The van der Waals surface area contributed by atoms with Crippen LogP contribution in [0.4, 0.5) is 0 Å². The summed E-state index contributed by atoms with van der Waals surface area (Å²) in [6, 6.07) is -2.53. The number of aliphatic carboxylic acids is 1. The van der Waals surface area contributed by atoms with Crippen LogP contribution >= 0.6 is 0 Å². The van der Waals surface area contributed by atoms with Crippen molar-refractivity contribution in [3.05, 3.63) is 12.2 Å². The summed E-state index contributed by atoms with van der Waals surface area (Å²) in [6.07, 6.45) is 20.6.